The van der Waals surface area contributed by atoms with Crippen molar-refractivity contribution in [3.8, 4) is 11.3 Å². The van der Waals surface area contributed by atoms with E-state index in [-0.39, 0.29) is 33.8 Å². The van der Waals surface area contributed by atoms with E-state index in [4.69, 9.17) is 22.1 Å². The third-order valence-corrected chi connectivity index (χ3v) is 6.02. The van der Waals surface area contributed by atoms with Crippen LogP contribution in [0.15, 0.2) is 24.5 Å². The number of piperazine rings is 1. The van der Waals surface area contributed by atoms with Crippen LogP contribution in [-0.4, -0.2) is 57.7 Å². The molecule has 4 rings (SSSR count). The first-order valence-corrected chi connectivity index (χ1v) is 11.6. The smallest absolute Gasteiger partial charge is 0.418 e. The molecule has 2 N–H and O–H groups in total. The van der Waals surface area contributed by atoms with Crippen molar-refractivity contribution < 1.29 is 22.7 Å². The Kier molecular flexibility index (Phi) is 6.63. The number of fused-ring (bicyclic) bond motifs is 1. The lowest BCUT2D eigenvalue weighted by Crippen LogP contribution is -2.50. The van der Waals surface area contributed by atoms with E-state index in [1.807, 2.05) is 25.7 Å². The van der Waals surface area contributed by atoms with Gasteiger partial charge in [0.1, 0.15) is 23.6 Å². The minimum absolute atomic E-state index is 0.0436. The standard InChI is InChI=1S/C24H26ClF3N6O2/c1-13-9-18(29)32-20(19(13)24(26,27)28)14-11-17-15(10-16(14)25)21(31-12-30-17)33-5-7-34(8-6-33)22(35)36-23(2,3)4/h9-12H,5-8H2,1-4H3,(H2,29,32). The molecule has 0 aliphatic carbocycles. The number of carbonyl (C=O) groups excluding carboxylic acids is 1. The highest BCUT2D eigenvalue weighted by atomic mass is 35.5. The number of ether oxygens (including phenoxy) is 1. The molecule has 2 aromatic heterocycles. The number of hydrogen-bond donors (Lipinski definition) is 1. The van der Waals surface area contributed by atoms with Crippen LogP contribution in [0.1, 0.15) is 31.9 Å². The number of amides is 1. The molecule has 1 aliphatic rings. The van der Waals surface area contributed by atoms with Crippen LogP contribution in [0.3, 0.4) is 0 Å². The second kappa shape index (κ2) is 9.27. The summed E-state index contributed by atoms with van der Waals surface area (Å²) in [7, 11) is 0. The lowest BCUT2D eigenvalue weighted by Gasteiger charge is -2.36. The maximum absolute atomic E-state index is 13.9. The van der Waals surface area contributed by atoms with Gasteiger partial charge >= 0.3 is 12.3 Å². The number of carbonyl (C=O) groups is 1. The van der Waals surface area contributed by atoms with E-state index in [1.165, 1.54) is 25.4 Å². The molecular weight excluding hydrogens is 497 g/mol. The summed E-state index contributed by atoms with van der Waals surface area (Å²) in [6.07, 6.45) is -3.69. The summed E-state index contributed by atoms with van der Waals surface area (Å²) < 4.78 is 47.0. The topological polar surface area (TPSA) is 97.5 Å². The summed E-state index contributed by atoms with van der Waals surface area (Å²) in [6, 6.07) is 4.19. The van der Waals surface area contributed by atoms with E-state index in [2.05, 4.69) is 15.0 Å². The fourth-order valence-electron chi connectivity index (χ4n) is 4.17. The molecule has 8 nitrogen and oxygen atoms in total. The summed E-state index contributed by atoms with van der Waals surface area (Å²) >= 11 is 6.51. The molecule has 1 aliphatic heterocycles. The first-order chi connectivity index (χ1) is 16.7. The number of pyridine rings is 1. The number of rotatable bonds is 2. The minimum Gasteiger partial charge on any atom is -0.444 e. The highest BCUT2D eigenvalue weighted by Crippen LogP contribution is 2.42. The monoisotopic (exact) mass is 522 g/mol. The summed E-state index contributed by atoms with van der Waals surface area (Å²) in [5, 5.41) is 0.639. The number of benzene rings is 1. The quantitative estimate of drug-likeness (QED) is 0.487. The molecule has 0 bridgehead atoms. The van der Waals surface area contributed by atoms with E-state index in [1.54, 1.807) is 11.0 Å². The Hall–Kier alpha value is -3.34. The average Bonchev–Trinajstić information content (AvgIpc) is 2.75. The van der Waals surface area contributed by atoms with Gasteiger partial charge in [0.25, 0.3) is 0 Å². The van der Waals surface area contributed by atoms with E-state index in [0.29, 0.717) is 42.9 Å². The molecule has 3 aromatic rings. The summed E-state index contributed by atoms with van der Waals surface area (Å²) in [4.78, 5) is 28.6. The van der Waals surface area contributed by atoms with Crippen molar-refractivity contribution >= 4 is 40.2 Å². The normalized spacial score (nSPS) is 14.9. The zero-order valence-corrected chi connectivity index (χ0v) is 21.0. The molecular formula is C24H26ClF3N6O2. The van der Waals surface area contributed by atoms with Gasteiger partial charge in [-0.05, 0) is 51.5 Å². The van der Waals surface area contributed by atoms with E-state index < -0.39 is 17.3 Å². The van der Waals surface area contributed by atoms with E-state index in [9.17, 15) is 18.0 Å². The Morgan fingerprint density at radius 1 is 1.08 bits per heavy atom. The van der Waals surface area contributed by atoms with Crippen molar-refractivity contribution in [2.24, 2.45) is 0 Å². The van der Waals surface area contributed by atoms with Gasteiger partial charge in [-0.1, -0.05) is 11.6 Å². The molecule has 192 valence electrons. The van der Waals surface area contributed by atoms with E-state index in [0.717, 1.165) is 0 Å². The molecule has 3 heterocycles. The molecule has 12 heteroatoms. The molecule has 0 unspecified atom stereocenters. The lowest BCUT2D eigenvalue weighted by atomic mass is 9.99. The van der Waals surface area contributed by atoms with Crippen LogP contribution in [-0.2, 0) is 10.9 Å². The third kappa shape index (κ3) is 5.25. The van der Waals surface area contributed by atoms with Gasteiger partial charge < -0.3 is 20.3 Å². The Morgan fingerprint density at radius 2 is 1.75 bits per heavy atom. The summed E-state index contributed by atoms with van der Waals surface area (Å²) in [5.41, 5.74) is 4.37. The molecule has 1 aromatic carbocycles. The van der Waals surface area contributed by atoms with Gasteiger partial charge in [-0.25, -0.2) is 19.7 Å². The van der Waals surface area contributed by atoms with Gasteiger partial charge in [-0.2, -0.15) is 13.2 Å². The molecule has 36 heavy (non-hydrogen) atoms. The van der Waals surface area contributed by atoms with Crippen LogP contribution in [0.2, 0.25) is 5.02 Å². The zero-order valence-electron chi connectivity index (χ0n) is 20.3. The van der Waals surface area contributed by atoms with Crippen molar-refractivity contribution in [3.63, 3.8) is 0 Å². The number of hydrogen-bond acceptors (Lipinski definition) is 7. The molecule has 1 saturated heterocycles. The SMILES string of the molecule is Cc1cc(N)nc(-c2cc3ncnc(N4CCN(C(=O)OC(C)(C)C)CC4)c3cc2Cl)c1C(F)(F)F. The lowest BCUT2D eigenvalue weighted by molar-refractivity contribution is -0.137. The second-order valence-corrected chi connectivity index (χ2v) is 9.99. The number of nitrogen functional groups attached to an aromatic ring is 1. The molecule has 0 saturated carbocycles. The predicted octanol–water partition coefficient (Wildman–Crippen LogP) is 5.31. The molecule has 0 spiro atoms. The molecule has 1 amide bonds. The van der Waals surface area contributed by atoms with Crippen molar-refractivity contribution in [1.29, 1.82) is 0 Å². The van der Waals surface area contributed by atoms with Crippen LogP contribution in [0, 0.1) is 6.92 Å². The van der Waals surface area contributed by atoms with Crippen molar-refractivity contribution in [2.75, 3.05) is 36.8 Å². The first-order valence-electron chi connectivity index (χ1n) is 11.3. The highest BCUT2D eigenvalue weighted by molar-refractivity contribution is 6.34. The molecule has 1 fully saturated rings. The van der Waals surface area contributed by atoms with Gasteiger partial charge in [0.2, 0.25) is 0 Å². The zero-order chi connectivity index (χ0) is 26.4. The van der Waals surface area contributed by atoms with Crippen molar-refractivity contribution in [2.45, 2.75) is 39.5 Å². The van der Waals surface area contributed by atoms with Crippen LogP contribution < -0.4 is 10.6 Å². The Labute approximate surface area is 211 Å². The fourth-order valence-corrected chi connectivity index (χ4v) is 4.43. The van der Waals surface area contributed by atoms with Crippen LogP contribution in [0.25, 0.3) is 22.2 Å². The van der Waals surface area contributed by atoms with Crippen molar-refractivity contribution in [1.82, 2.24) is 19.9 Å². The fraction of sp³-hybridized carbons (Fsp3) is 0.417. The summed E-state index contributed by atoms with van der Waals surface area (Å²) in [5.74, 6) is 0.531. The van der Waals surface area contributed by atoms with Gasteiger partial charge in [-0.15, -0.1) is 0 Å². The number of halogens is 4. The number of nitrogens with zero attached hydrogens (tertiary/aromatic N) is 5. The largest absolute Gasteiger partial charge is 0.444 e. The van der Waals surface area contributed by atoms with Crippen LogP contribution in [0.4, 0.5) is 29.6 Å². The second-order valence-electron chi connectivity index (χ2n) is 9.59. The molecule has 0 radical (unpaired) electrons. The third-order valence-electron chi connectivity index (χ3n) is 5.71. The highest BCUT2D eigenvalue weighted by Gasteiger charge is 2.37. The van der Waals surface area contributed by atoms with Crippen molar-refractivity contribution in [3.05, 3.63) is 40.7 Å². The number of nitrogens with two attached hydrogens (primary N) is 1. The number of alkyl halides is 3. The van der Waals surface area contributed by atoms with Crippen LogP contribution in [0.5, 0.6) is 0 Å². The van der Waals surface area contributed by atoms with Gasteiger partial charge in [0.05, 0.1) is 21.8 Å². The van der Waals surface area contributed by atoms with Crippen LogP contribution >= 0.6 is 11.6 Å². The number of aromatic nitrogens is 3. The summed E-state index contributed by atoms with van der Waals surface area (Å²) in [6.45, 7) is 8.58. The minimum atomic E-state index is -4.65. The Balaban J connectivity index is 1.68. The molecule has 0 atom stereocenters. The number of aryl methyl sites for hydroxylation is 1. The van der Waals surface area contributed by atoms with E-state index >= 15 is 0 Å². The Morgan fingerprint density at radius 3 is 2.36 bits per heavy atom. The predicted molar refractivity (Wildman–Crippen MR) is 132 cm³/mol. The maximum atomic E-state index is 13.9. The number of anilines is 2. The maximum Gasteiger partial charge on any atom is 0.418 e. The first kappa shape index (κ1) is 25.7. The average molecular weight is 523 g/mol. The van der Waals surface area contributed by atoms with Gasteiger partial charge in [-0.3, -0.25) is 0 Å². The van der Waals surface area contributed by atoms with Gasteiger partial charge in [0, 0.05) is 37.1 Å². The van der Waals surface area contributed by atoms with Gasteiger partial charge in [0.15, 0.2) is 0 Å². The Bertz CT molecular complexity index is 1320.